The molecule has 0 aliphatic carbocycles. The normalized spacial score (nSPS) is 11.7. The van der Waals surface area contributed by atoms with Gasteiger partial charge in [0.15, 0.2) is 0 Å². The molecule has 2 aromatic heterocycles. The van der Waals surface area contributed by atoms with Gasteiger partial charge in [0, 0.05) is 10.8 Å². The molecule has 0 fully saturated rings. The summed E-state index contributed by atoms with van der Waals surface area (Å²) in [5.74, 6) is 0.814. The molecule has 2 radical (unpaired) electrons. The summed E-state index contributed by atoms with van der Waals surface area (Å²) in [7, 11) is -2.82. The average molecular weight is 802 g/mol. The van der Waals surface area contributed by atoms with Gasteiger partial charge in [0.1, 0.15) is 0 Å². The van der Waals surface area contributed by atoms with E-state index in [9.17, 15) is 0 Å². The number of aryl methyl sites for hydroxylation is 1. The van der Waals surface area contributed by atoms with Gasteiger partial charge in [-0.1, -0.05) is 36.4 Å². The average Bonchev–Trinajstić information content (AvgIpc) is 3.44. The van der Waals surface area contributed by atoms with Crippen molar-refractivity contribution >= 4 is 78.7 Å². The molecule has 0 unspecified atom stereocenters. The summed E-state index contributed by atoms with van der Waals surface area (Å²) in [6, 6.07) is 60.3. The van der Waals surface area contributed by atoms with Crippen LogP contribution in [-0.2, 0) is 0 Å². The molecular formula is C41H30BiN3Si. The van der Waals surface area contributed by atoms with E-state index in [0.29, 0.717) is 0 Å². The summed E-state index contributed by atoms with van der Waals surface area (Å²) in [4.78, 5) is 9.47. The third-order valence-electron chi connectivity index (χ3n) is 8.95. The molecule has 0 bridgehead atoms. The van der Waals surface area contributed by atoms with E-state index in [1.54, 1.807) is 0 Å². The van der Waals surface area contributed by atoms with Crippen molar-refractivity contribution in [3.8, 4) is 16.9 Å². The van der Waals surface area contributed by atoms with Crippen LogP contribution in [0.1, 0.15) is 5.82 Å². The van der Waals surface area contributed by atoms with Crippen molar-refractivity contribution in [2.75, 3.05) is 0 Å². The Kier molecular flexibility index (Phi) is 7.44. The van der Waals surface area contributed by atoms with E-state index in [1.165, 1.54) is 48.2 Å². The van der Waals surface area contributed by atoms with Crippen LogP contribution in [0.25, 0.3) is 38.8 Å². The third-order valence-corrected chi connectivity index (χ3v) is 14.6. The predicted molar refractivity (Wildman–Crippen MR) is 196 cm³/mol. The van der Waals surface area contributed by atoms with Gasteiger partial charge in [-0.25, -0.2) is 0 Å². The fourth-order valence-corrected chi connectivity index (χ4v) is 12.9. The van der Waals surface area contributed by atoms with E-state index < -0.39 is 8.07 Å². The summed E-state index contributed by atoms with van der Waals surface area (Å²) >= 11 is 1.11. The summed E-state index contributed by atoms with van der Waals surface area (Å²) in [6.45, 7) is 1.98. The molecule has 0 amide bonds. The fraction of sp³-hybridized carbons (Fsp3) is 0.0244. The van der Waals surface area contributed by atoms with Gasteiger partial charge < -0.3 is 0 Å². The van der Waals surface area contributed by atoms with Crippen LogP contribution >= 0.6 is 0 Å². The molecule has 8 aromatic rings. The minimum absolute atomic E-state index is 0.814. The maximum absolute atomic E-state index is 4.87. The van der Waals surface area contributed by atoms with Crippen molar-refractivity contribution in [3.05, 3.63) is 170 Å². The summed E-state index contributed by atoms with van der Waals surface area (Å²) < 4.78 is 3.51. The number of hydrogen-bond acceptors (Lipinski definition) is 2. The van der Waals surface area contributed by atoms with Crippen molar-refractivity contribution < 1.29 is 0 Å². The second-order valence-corrected chi connectivity index (χ2v) is 17.2. The number of nitrogens with zero attached hydrogens (tertiary/aromatic N) is 3. The number of hydrogen-bond donors (Lipinski definition) is 0. The number of rotatable bonds is 6. The van der Waals surface area contributed by atoms with Crippen LogP contribution in [0.2, 0.25) is 0 Å². The van der Waals surface area contributed by atoms with E-state index in [-0.39, 0.29) is 0 Å². The van der Waals surface area contributed by atoms with Crippen LogP contribution in [0, 0.1) is 6.92 Å². The minimum atomic E-state index is -2.82. The maximum atomic E-state index is 4.87. The zero-order valence-corrected chi connectivity index (χ0v) is 29.9. The standard InChI is InChI=1S/C41H30N3Si.Bi/c1-30-42-27-26-39(43-30)31-14-12-20-35(28-31)45(33-16-4-2-5-17-33,34-18-6-3-7-19-34)36-21-13-15-32(29-36)44-40-24-10-8-22-37(40)38-23-9-11-25-41(38)44;/h2-26,28-29H,1H3;. The van der Waals surface area contributed by atoms with Crippen LogP contribution < -0.4 is 24.1 Å². The van der Waals surface area contributed by atoms with Gasteiger partial charge in [-0.15, -0.1) is 0 Å². The van der Waals surface area contributed by atoms with Crippen LogP contribution in [0.3, 0.4) is 0 Å². The van der Waals surface area contributed by atoms with Crippen LogP contribution in [0.5, 0.6) is 0 Å². The van der Waals surface area contributed by atoms with Crippen molar-refractivity contribution in [1.82, 2.24) is 14.5 Å². The fourth-order valence-electron chi connectivity index (χ4n) is 7.07. The van der Waals surface area contributed by atoms with E-state index >= 15 is 0 Å². The summed E-state index contributed by atoms with van der Waals surface area (Å²) in [5.41, 5.74) is 5.70. The monoisotopic (exact) mass is 801 g/mol. The Balaban J connectivity index is 1.44. The van der Waals surface area contributed by atoms with Crippen molar-refractivity contribution in [2.45, 2.75) is 6.92 Å². The molecule has 2 heterocycles. The predicted octanol–water partition coefficient (Wildman–Crippen LogP) is 5.72. The molecule has 0 aliphatic heterocycles. The molecule has 5 heteroatoms. The Labute approximate surface area is 285 Å². The van der Waals surface area contributed by atoms with E-state index in [0.717, 1.165) is 45.2 Å². The van der Waals surface area contributed by atoms with Gasteiger partial charge in [0.25, 0.3) is 0 Å². The summed E-state index contributed by atoms with van der Waals surface area (Å²) in [5, 5.41) is 7.89. The molecule has 218 valence electrons. The Morgan fingerprint density at radius 3 is 1.63 bits per heavy atom. The Morgan fingerprint density at radius 1 is 0.500 bits per heavy atom. The molecule has 0 spiro atoms. The number of fused-ring (bicyclic) bond motifs is 3. The van der Waals surface area contributed by atoms with Crippen LogP contribution in [0.15, 0.2) is 164 Å². The SMILES string of the molecule is Cc1n[c]([Bi])cc(-c2cccc([Si](c3ccccc3)(c3ccccc3)c3cccc(-n4c5ccccc5c5ccccc54)c3)c2)n1. The molecule has 0 atom stereocenters. The number of benzene rings is 6. The summed E-state index contributed by atoms with van der Waals surface area (Å²) in [6.07, 6.45) is 0. The molecule has 6 aromatic carbocycles. The van der Waals surface area contributed by atoms with E-state index in [4.69, 9.17) is 4.98 Å². The number of aromatic nitrogens is 3. The van der Waals surface area contributed by atoms with Crippen molar-refractivity contribution in [1.29, 1.82) is 0 Å². The number of para-hydroxylation sites is 2. The first-order chi connectivity index (χ1) is 22.6. The molecule has 0 saturated heterocycles. The first kappa shape index (κ1) is 28.8. The molecule has 46 heavy (non-hydrogen) atoms. The van der Waals surface area contributed by atoms with Gasteiger partial charge >= 0.3 is 227 Å². The quantitative estimate of drug-likeness (QED) is 0.159. The molecule has 3 nitrogen and oxygen atoms in total. The topological polar surface area (TPSA) is 30.7 Å². The Bertz CT molecular complexity index is 2240. The zero-order valence-electron chi connectivity index (χ0n) is 25.4. The first-order valence-corrected chi connectivity index (χ1v) is 19.2. The second kappa shape index (κ2) is 11.9. The Morgan fingerprint density at radius 2 is 1.02 bits per heavy atom. The molecule has 8 rings (SSSR count). The van der Waals surface area contributed by atoms with E-state index in [2.05, 4.69) is 173 Å². The van der Waals surface area contributed by atoms with Gasteiger partial charge in [0.05, 0.1) is 0 Å². The van der Waals surface area contributed by atoms with Crippen molar-refractivity contribution in [2.24, 2.45) is 0 Å². The van der Waals surface area contributed by atoms with Crippen molar-refractivity contribution in [3.63, 3.8) is 0 Å². The zero-order chi connectivity index (χ0) is 31.1. The molecular weight excluding hydrogens is 772 g/mol. The third kappa shape index (κ3) is 4.83. The van der Waals surface area contributed by atoms with Gasteiger partial charge in [-0.05, 0) is 12.1 Å². The second-order valence-electron chi connectivity index (χ2n) is 11.6. The van der Waals surface area contributed by atoms with Gasteiger partial charge in [-0.3, -0.25) is 0 Å². The first-order valence-electron chi connectivity index (χ1n) is 15.5. The molecule has 0 saturated carbocycles. The molecule has 0 N–H and O–H groups in total. The Hall–Kier alpha value is -4.70. The molecule has 0 aliphatic rings. The van der Waals surface area contributed by atoms with Gasteiger partial charge in [-0.2, -0.15) is 0 Å². The van der Waals surface area contributed by atoms with E-state index in [1.807, 2.05) is 6.92 Å². The van der Waals surface area contributed by atoms with Crippen LogP contribution in [-0.4, -0.2) is 47.3 Å². The van der Waals surface area contributed by atoms with Gasteiger partial charge in [0.2, 0.25) is 0 Å². The van der Waals surface area contributed by atoms with Crippen LogP contribution in [0.4, 0.5) is 0 Å².